The molecule has 3 rings (SSSR count). The summed E-state index contributed by atoms with van der Waals surface area (Å²) in [7, 11) is 0. The van der Waals surface area contributed by atoms with Gasteiger partial charge in [0.05, 0.1) is 18.2 Å². The van der Waals surface area contributed by atoms with Crippen LogP contribution >= 0.6 is 0 Å². The van der Waals surface area contributed by atoms with Crippen molar-refractivity contribution in [2.24, 2.45) is 5.92 Å². The Morgan fingerprint density at radius 3 is 2.54 bits per heavy atom. The molecular weight excluding hydrogens is 304 g/mol. The lowest BCUT2D eigenvalue weighted by Gasteiger charge is -2.34. The third kappa shape index (κ3) is 3.47. The van der Waals surface area contributed by atoms with Gasteiger partial charge in [-0.1, -0.05) is 13.8 Å². The van der Waals surface area contributed by atoms with E-state index in [1.165, 1.54) is 0 Å². The van der Waals surface area contributed by atoms with Crippen LogP contribution in [-0.2, 0) is 22.6 Å². The van der Waals surface area contributed by atoms with E-state index in [-0.39, 0.29) is 17.9 Å². The Bertz CT molecular complexity index is 617. The topological polar surface area (TPSA) is 58.4 Å². The summed E-state index contributed by atoms with van der Waals surface area (Å²) >= 11 is 0. The zero-order valence-corrected chi connectivity index (χ0v) is 15.0. The van der Waals surface area contributed by atoms with Crippen LogP contribution < -0.4 is 0 Å². The number of rotatable bonds is 4. The molecule has 0 aromatic carbocycles. The number of aromatic nitrogens is 2. The lowest BCUT2D eigenvalue weighted by atomic mass is 10.1. The van der Waals surface area contributed by atoms with Gasteiger partial charge in [-0.05, 0) is 25.7 Å². The third-order valence-corrected chi connectivity index (χ3v) is 4.97. The molecule has 0 bridgehead atoms. The molecule has 3 heterocycles. The Hall–Kier alpha value is -1.85. The molecule has 6 heteroatoms. The second-order valence-electron chi connectivity index (χ2n) is 7.41. The molecule has 1 aromatic rings. The molecule has 132 valence electrons. The number of imidazole rings is 1. The number of likely N-dealkylation sites (tertiary alicyclic amines) is 1. The SMILES string of the molecule is CC(C)CC(=O)N1CCn2cc(CC(=O)N3CCCC3)nc2[C@H]1C. The maximum Gasteiger partial charge on any atom is 0.228 e. The van der Waals surface area contributed by atoms with E-state index in [4.69, 9.17) is 0 Å². The van der Waals surface area contributed by atoms with E-state index in [0.717, 1.165) is 50.5 Å². The van der Waals surface area contributed by atoms with Crippen LogP contribution in [0.2, 0.25) is 0 Å². The fraction of sp³-hybridized carbons (Fsp3) is 0.722. The van der Waals surface area contributed by atoms with Crippen molar-refractivity contribution in [3.05, 3.63) is 17.7 Å². The van der Waals surface area contributed by atoms with E-state index in [9.17, 15) is 9.59 Å². The molecule has 0 radical (unpaired) electrons. The van der Waals surface area contributed by atoms with Crippen molar-refractivity contribution >= 4 is 11.8 Å². The minimum Gasteiger partial charge on any atom is -0.342 e. The van der Waals surface area contributed by atoms with Crippen molar-refractivity contribution in [1.29, 1.82) is 0 Å². The normalized spacial score (nSPS) is 20.6. The number of carbonyl (C=O) groups is 2. The van der Waals surface area contributed by atoms with Crippen LogP contribution in [0.5, 0.6) is 0 Å². The molecule has 2 amide bonds. The molecule has 1 aromatic heterocycles. The van der Waals surface area contributed by atoms with Gasteiger partial charge in [-0.3, -0.25) is 9.59 Å². The molecule has 2 aliphatic rings. The Labute approximate surface area is 143 Å². The molecule has 1 saturated heterocycles. The summed E-state index contributed by atoms with van der Waals surface area (Å²) in [4.78, 5) is 33.3. The van der Waals surface area contributed by atoms with Crippen molar-refractivity contribution in [1.82, 2.24) is 19.4 Å². The van der Waals surface area contributed by atoms with E-state index < -0.39 is 0 Å². The highest BCUT2D eigenvalue weighted by Gasteiger charge is 2.30. The fourth-order valence-corrected chi connectivity index (χ4v) is 3.67. The fourth-order valence-electron chi connectivity index (χ4n) is 3.67. The minimum atomic E-state index is -0.0272. The first kappa shape index (κ1) is 17.0. The predicted molar refractivity (Wildman–Crippen MR) is 91.3 cm³/mol. The van der Waals surface area contributed by atoms with Crippen molar-refractivity contribution in [2.45, 2.75) is 59.0 Å². The number of carbonyl (C=O) groups excluding carboxylic acids is 2. The molecular formula is C18H28N4O2. The zero-order chi connectivity index (χ0) is 17.3. The maximum atomic E-state index is 12.4. The van der Waals surface area contributed by atoms with E-state index >= 15 is 0 Å². The molecule has 1 atom stereocenters. The van der Waals surface area contributed by atoms with Gasteiger partial charge >= 0.3 is 0 Å². The van der Waals surface area contributed by atoms with Crippen LogP contribution in [0.1, 0.15) is 57.6 Å². The van der Waals surface area contributed by atoms with Gasteiger partial charge in [0.2, 0.25) is 11.8 Å². The van der Waals surface area contributed by atoms with Gasteiger partial charge in [0, 0.05) is 38.8 Å². The summed E-state index contributed by atoms with van der Waals surface area (Å²) in [6.45, 7) is 9.39. The second kappa shape index (κ2) is 6.95. The smallest absolute Gasteiger partial charge is 0.228 e. The first-order chi connectivity index (χ1) is 11.5. The Morgan fingerprint density at radius 2 is 1.88 bits per heavy atom. The lowest BCUT2D eigenvalue weighted by Crippen LogP contribution is -2.41. The average Bonchev–Trinajstić information content (AvgIpc) is 3.15. The summed E-state index contributed by atoms with van der Waals surface area (Å²) in [6.07, 6.45) is 5.15. The van der Waals surface area contributed by atoms with Gasteiger partial charge in [0.25, 0.3) is 0 Å². The monoisotopic (exact) mass is 332 g/mol. The molecule has 0 unspecified atom stereocenters. The molecule has 0 spiro atoms. The van der Waals surface area contributed by atoms with Gasteiger partial charge in [0.15, 0.2) is 0 Å². The van der Waals surface area contributed by atoms with Crippen LogP contribution in [0, 0.1) is 5.92 Å². The average molecular weight is 332 g/mol. The number of hydrogen-bond acceptors (Lipinski definition) is 3. The van der Waals surface area contributed by atoms with Crippen LogP contribution in [0.25, 0.3) is 0 Å². The standard InChI is InChI=1S/C18H28N4O2/c1-13(2)10-17(24)22-9-8-21-12-15(19-18(21)14(22)3)11-16(23)20-6-4-5-7-20/h12-14H,4-11H2,1-3H3/t14-/m1/s1. The van der Waals surface area contributed by atoms with Gasteiger partial charge in [0.1, 0.15) is 5.82 Å². The highest BCUT2D eigenvalue weighted by atomic mass is 16.2. The largest absolute Gasteiger partial charge is 0.342 e. The minimum absolute atomic E-state index is 0.0272. The molecule has 6 nitrogen and oxygen atoms in total. The first-order valence-electron chi connectivity index (χ1n) is 9.09. The van der Waals surface area contributed by atoms with E-state index in [0.29, 0.717) is 18.8 Å². The Kier molecular flexibility index (Phi) is 4.92. The summed E-state index contributed by atoms with van der Waals surface area (Å²) in [6, 6.07) is -0.0272. The van der Waals surface area contributed by atoms with Crippen molar-refractivity contribution in [3.63, 3.8) is 0 Å². The maximum absolute atomic E-state index is 12.4. The summed E-state index contributed by atoms with van der Waals surface area (Å²) in [5.41, 5.74) is 0.826. The van der Waals surface area contributed by atoms with E-state index in [2.05, 4.69) is 23.4 Å². The van der Waals surface area contributed by atoms with Gasteiger partial charge < -0.3 is 14.4 Å². The van der Waals surface area contributed by atoms with Crippen LogP contribution in [0.15, 0.2) is 6.20 Å². The lowest BCUT2D eigenvalue weighted by molar-refractivity contribution is -0.135. The Morgan fingerprint density at radius 1 is 1.17 bits per heavy atom. The van der Waals surface area contributed by atoms with E-state index in [1.807, 2.05) is 22.9 Å². The second-order valence-corrected chi connectivity index (χ2v) is 7.41. The van der Waals surface area contributed by atoms with Crippen LogP contribution in [-0.4, -0.2) is 50.8 Å². The predicted octanol–water partition coefficient (Wildman–Crippen LogP) is 2.00. The zero-order valence-electron chi connectivity index (χ0n) is 15.0. The van der Waals surface area contributed by atoms with Gasteiger partial charge in [-0.15, -0.1) is 0 Å². The van der Waals surface area contributed by atoms with E-state index in [1.54, 1.807) is 0 Å². The van der Waals surface area contributed by atoms with Crippen LogP contribution in [0.4, 0.5) is 0 Å². The number of hydrogen-bond donors (Lipinski definition) is 0. The highest BCUT2D eigenvalue weighted by molar-refractivity contribution is 5.78. The van der Waals surface area contributed by atoms with Crippen LogP contribution in [0.3, 0.4) is 0 Å². The number of amides is 2. The summed E-state index contributed by atoms with van der Waals surface area (Å²) < 4.78 is 2.11. The third-order valence-electron chi connectivity index (χ3n) is 4.97. The molecule has 0 N–H and O–H groups in total. The number of nitrogens with zero attached hydrogens (tertiary/aromatic N) is 4. The molecule has 1 fully saturated rings. The van der Waals surface area contributed by atoms with Gasteiger partial charge in [-0.2, -0.15) is 0 Å². The quantitative estimate of drug-likeness (QED) is 0.847. The van der Waals surface area contributed by atoms with Crippen molar-refractivity contribution in [3.8, 4) is 0 Å². The molecule has 24 heavy (non-hydrogen) atoms. The highest BCUT2D eigenvalue weighted by Crippen LogP contribution is 2.26. The number of fused-ring (bicyclic) bond motifs is 1. The molecule has 0 aliphatic carbocycles. The first-order valence-corrected chi connectivity index (χ1v) is 9.09. The Balaban J connectivity index is 1.69. The summed E-state index contributed by atoms with van der Waals surface area (Å²) in [5, 5.41) is 0. The summed E-state index contributed by atoms with van der Waals surface area (Å²) in [5.74, 6) is 1.63. The van der Waals surface area contributed by atoms with Crippen molar-refractivity contribution < 1.29 is 9.59 Å². The molecule has 0 saturated carbocycles. The van der Waals surface area contributed by atoms with Gasteiger partial charge in [-0.25, -0.2) is 4.98 Å². The van der Waals surface area contributed by atoms with Crippen molar-refractivity contribution in [2.75, 3.05) is 19.6 Å². The molecule has 2 aliphatic heterocycles.